The molecule has 0 radical (unpaired) electrons. The Morgan fingerprint density at radius 1 is 1.17 bits per heavy atom. The van der Waals surface area contributed by atoms with Gasteiger partial charge >= 0.3 is 6.18 Å². The summed E-state index contributed by atoms with van der Waals surface area (Å²) in [6, 6.07) is 10.4. The fourth-order valence-corrected chi connectivity index (χ4v) is 2.43. The van der Waals surface area contributed by atoms with Crippen LogP contribution in [0.5, 0.6) is 0 Å². The molecule has 0 fully saturated rings. The summed E-state index contributed by atoms with van der Waals surface area (Å²) in [6.45, 7) is 0. The minimum atomic E-state index is -4.58. The molecule has 0 aliphatic rings. The van der Waals surface area contributed by atoms with Crippen LogP contribution in [-0.2, 0) is 11.0 Å². The highest BCUT2D eigenvalue weighted by molar-refractivity contribution is 9.10. The summed E-state index contributed by atoms with van der Waals surface area (Å²) in [4.78, 5) is 11.8. The lowest BCUT2D eigenvalue weighted by atomic mass is 10.2. The van der Waals surface area contributed by atoms with Gasteiger partial charge in [0.2, 0.25) is 5.91 Å². The van der Waals surface area contributed by atoms with Gasteiger partial charge in [0.05, 0.1) is 10.6 Å². The van der Waals surface area contributed by atoms with Crippen molar-refractivity contribution in [1.82, 2.24) is 0 Å². The average Bonchev–Trinajstić information content (AvgIpc) is 2.46. The minimum Gasteiger partial charge on any atom is -0.322 e. The number of nitrogens with one attached hydrogen (secondary N) is 1. The van der Waals surface area contributed by atoms with Crippen molar-refractivity contribution in [2.24, 2.45) is 0 Å². The molecule has 0 aliphatic carbocycles. The third-order valence-electron chi connectivity index (χ3n) is 2.82. The Balaban J connectivity index is 2.12. The van der Waals surface area contributed by atoms with Crippen LogP contribution in [0, 0.1) is 0 Å². The minimum absolute atomic E-state index is 0.0191. The van der Waals surface area contributed by atoms with Gasteiger partial charge in [-0.3, -0.25) is 4.79 Å². The van der Waals surface area contributed by atoms with Gasteiger partial charge in [0.25, 0.3) is 0 Å². The Morgan fingerprint density at radius 3 is 2.57 bits per heavy atom. The Hall–Kier alpha value is -1.79. The highest BCUT2D eigenvalue weighted by Crippen LogP contribution is 2.36. The zero-order chi connectivity index (χ0) is 17.0. The van der Waals surface area contributed by atoms with E-state index in [-0.39, 0.29) is 5.69 Å². The van der Waals surface area contributed by atoms with E-state index in [2.05, 4.69) is 21.2 Å². The summed E-state index contributed by atoms with van der Waals surface area (Å²) < 4.78 is 39.1. The second-order valence-electron chi connectivity index (χ2n) is 4.57. The van der Waals surface area contributed by atoms with Gasteiger partial charge in [0.1, 0.15) is 0 Å². The van der Waals surface area contributed by atoms with Crippen molar-refractivity contribution in [2.75, 3.05) is 5.32 Å². The van der Waals surface area contributed by atoms with Crippen molar-refractivity contribution in [3.63, 3.8) is 0 Å². The molecule has 0 heterocycles. The van der Waals surface area contributed by atoms with Crippen LogP contribution >= 0.6 is 27.5 Å². The van der Waals surface area contributed by atoms with Gasteiger partial charge in [-0.1, -0.05) is 39.7 Å². The standard InChI is InChI=1S/C16H10BrClF3NO/c17-11-3-1-2-10(8-11)4-7-15(23)22-12-5-6-14(18)13(9-12)16(19,20)21/h1-9H,(H,22,23)/b7-4+. The van der Waals surface area contributed by atoms with Crippen LogP contribution in [0.2, 0.25) is 5.02 Å². The predicted octanol–water partition coefficient (Wildman–Crippen LogP) is 5.77. The SMILES string of the molecule is O=C(/C=C/c1cccc(Br)c1)Nc1ccc(Cl)c(C(F)(F)F)c1. The molecule has 0 bridgehead atoms. The van der Waals surface area contributed by atoms with Crippen LogP contribution in [0.4, 0.5) is 18.9 Å². The van der Waals surface area contributed by atoms with Crippen LogP contribution in [0.15, 0.2) is 53.0 Å². The van der Waals surface area contributed by atoms with Gasteiger partial charge in [-0.15, -0.1) is 0 Å². The molecule has 0 spiro atoms. The Kier molecular flexibility index (Phi) is 5.49. The van der Waals surface area contributed by atoms with Crippen LogP contribution in [0.3, 0.4) is 0 Å². The lowest BCUT2D eigenvalue weighted by Gasteiger charge is -2.11. The Labute approximate surface area is 144 Å². The second-order valence-corrected chi connectivity index (χ2v) is 5.89. The lowest BCUT2D eigenvalue weighted by molar-refractivity contribution is -0.137. The molecule has 0 saturated carbocycles. The quantitative estimate of drug-likeness (QED) is 0.646. The van der Waals surface area contributed by atoms with Gasteiger partial charge < -0.3 is 5.32 Å². The van der Waals surface area contributed by atoms with Gasteiger partial charge in [0.15, 0.2) is 0 Å². The first-order valence-electron chi connectivity index (χ1n) is 6.37. The molecule has 120 valence electrons. The summed E-state index contributed by atoms with van der Waals surface area (Å²) in [7, 11) is 0. The average molecular weight is 405 g/mol. The molecule has 2 nitrogen and oxygen atoms in total. The number of hydrogen-bond donors (Lipinski definition) is 1. The molecular weight excluding hydrogens is 395 g/mol. The molecular formula is C16H10BrClF3NO. The molecule has 0 aromatic heterocycles. The highest BCUT2D eigenvalue weighted by atomic mass is 79.9. The molecule has 1 N–H and O–H groups in total. The number of amides is 1. The van der Waals surface area contributed by atoms with E-state index < -0.39 is 22.7 Å². The van der Waals surface area contributed by atoms with E-state index in [4.69, 9.17) is 11.6 Å². The van der Waals surface area contributed by atoms with E-state index >= 15 is 0 Å². The van der Waals surface area contributed by atoms with E-state index in [1.54, 1.807) is 24.3 Å². The smallest absolute Gasteiger partial charge is 0.322 e. The summed E-state index contributed by atoms with van der Waals surface area (Å²) >= 11 is 8.83. The maximum Gasteiger partial charge on any atom is 0.417 e. The van der Waals surface area contributed by atoms with E-state index in [0.29, 0.717) is 0 Å². The van der Waals surface area contributed by atoms with Crippen molar-refractivity contribution >= 4 is 45.2 Å². The topological polar surface area (TPSA) is 29.1 Å². The largest absolute Gasteiger partial charge is 0.417 e. The zero-order valence-electron chi connectivity index (χ0n) is 11.5. The fourth-order valence-electron chi connectivity index (χ4n) is 1.79. The molecule has 1 amide bonds. The monoisotopic (exact) mass is 403 g/mol. The number of halogens is 5. The number of benzene rings is 2. The molecule has 0 unspecified atom stereocenters. The maximum atomic E-state index is 12.8. The van der Waals surface area contributed by atoms with E-state index in [1.807, 2.05) is 6.07 Å². The van der Waals surface area contributed by atoms with Crippen LogP contribution in [-0.4, -0.2) is 5.91 Å². The molecule has 0 saturated heterocycles. The van der Waals surface area contributed by atoms with Gasteiger partial charge in [-0.2, -0.15) is 13.2 Å². The molecule has 23 heavy (non-hydrogen) atoms. The number of anilines is 1. The first-order valence-corrected chi connectivity index (χ1v) is 7.54. The summed E-state index contributed by atoms with van der Waals surface area (Å²) in [6.07, 6.45) is -1.78. The van der Waals surface area contributed by atoms with Crippen LogP contribution < -0.4 is 5.32 Å². The molecule has 0 aliphatic heterocycles. The number of hydrogen-bond acceptors (Lipinski definition) is 1. The van der Waals surface area contributed by atoms with Crippen LogP contribution in [0.25, 0.3) is 6.08 Å². The van der Waals surface area contributed by atoms with Gasteiger partial charge in [-0.05, 0) is 42.0 Å². The lowest BCUT2D eigenvalue weighted by Crippen LogP contribution is -2.11. The van der Waals surface area contributed by atoms with Crippen LogP contribution in [0.1, 0.15) is 11.1 Å². The normalized spacial score (nSPS) is 11.7. The van der Waals surface area contributed by atoms with Gasteiger partial charge in [-0.25, -0.2) is 0 Å². The zero-order valence-corrected chi connectivity index (χ0v) is 13.8. The highest BCUT2D eigenvalue weighted by Gasteiger charge is 2.33. The van der Waals surface area contributed by atoms with Crippen molar-refractivity contribution in [3.8, 4) is 0 Å². The van der Waals surface area contributed by atoms with E-state index in [9.17, 15) is 18.0 Å². The van der Waals surface area contributed by atoms with Crippen molar-refractivity contribution < 1.29 is 18.0 Å². The maximum absolute atomic E-state index is 12.8. The molecule has 2 rings (SSSR count). The third kappa shape index (κ3) is 5.11. The Bertz CT molecular complexity index is 759. The van der Waals surface area contributed by atoms with Gasteiger partial charge in [0, 0.05) is 16.2 Å². The second kappa shape index (κ2) is 7.19. The number of alkyl halides is 3. The van der Waals surface area contributed by atoms with Crippen molar-refractivity contribution in [3.05, 3.63) is 69.2 Å². The summed E-state index contributed by atoms with van der Waals surface area (Å²) in [5.41, 5.74) is -0.194. The number of rotatable bonds is 3. The van der Waals surface area contributed by atoms with Crippen molar-refractivity contribution in [1.29, 1.82) is 0 Å². The van der Waals surface area contributed by atoms with E-state index in [1.165, 1.54) is 12.1 Å². The summed E-state index contributed by atoms with van der Waals surface area (Å²) in [5, 5.41) is 1.95. The molecule has 2 aromatic rings. The van der Waals surface area contributed by atoms with Crippen molar-refractivity contribution in [2.45, 2.75) is 6.18 Å². The fraction of sp³-hybridized carbons (Fsp3) is 0.0625. The number of carbonyl (C=O) groups excluding carboxylic acids is 1. The summed E-state index contributed by atoms with van der Waals surface area (Å²) in [5.74, 6) is -0.541. The van der Waals surface area contributed by atoms with E-state index in [0.717, 1.165) is 22.2 Å². The third-order valence-corrected chi connectivity index (χ3v) is 3.64. The first kappa shape index (κ1) is 17.6. The first-order chi connectivity index (χ1) is 10.8. The number of carbonyl (C=O) groups is 1. The Morgan fingerprint density at radius 2 is 1.91 bits per heavy atom. The predicted molar refractivity (Wildman–Crippen MR) is 88.3 cm³/mol. The molecule has 0 atom stereocenters. The molecule has 2 aromatic carbocycles. The molecule has 7 heteroatoms.